The quantitative estimate of drug-likeness (QED) is 0.672. The molecule has 0 N–H and O–H groups in total. The molecule has 0 fully saturated rings. The van der Waals surface area contributed by atoms with Crippen LogP contribution in [0.15, 0.2) is 53.4 Å². The molecule has 0 saturated heterocycles. The summed E-state index contributed by atoms with van der Waals surface area (Å²) in [7, 11) is 0. The predicted molar refractivity (Wildman–Crippen MR) is 74.0 cm³/mol. The first-order chi connectivity index (χ1) is 8.66. The minimum atomic E-state index is -0.313. The lowest BCUT2D eigenvalue weighted by Gasteiger charge is -2.07. The monoisotopic (exact) mass is 258 g/mol. The number of benzene rings is 2. The fourth-order valence-electron chi connectivity index (χ4n) is 1.63. The van der Waals surface area contributed by atoms with E-state index in [1.54, 1.807) is 6.07 Å². The number of esters is 1. The lowest BCUT2D eigenvalue weighted by molar-refractivity contribution is 0.0471. The maximum absolute atomic E-state index is 11.9. The topological polar surface area (TPSA) is 26.3 Å². The van der Waals surface area contributed by atoms with Crippen LogP contribution in [0.4, 0.5) is 0 Å². The van der Waals surface area contributed by atoms with E-state index in [0.29, 0.717) is 5.56 Å². The van der Waals surface area contributed by atoms with Gasteiger partial charge < -0.3 is 4.74 Å². The molecule has 3 heteroatoms. The third-order valence-electron chi connectivity index (χ3n) is 2.65. The van der Waals surface area contributed by atoms with E-state index >= 15 is 0 Å². The average Bonchev–Trinajstić information content (AvgIpc) is 2.40. The first-order valence-corrected chi connectivity index (χ1v) is 6.12. The van der Waals surface area contributed by atoms with Gasteiger partial charge in [-0.15, -0.1) is 12.6 Å². The Bertz CT molecular complexity index is 550. The molecule has 0 aromatic heterocycles. The van der Waals surface area contributed by atoms with Crippen LogP contribution in [0.5, 0.6) is 0 Å². The van der Waals surface area contributed by atoms with Crippen molar-refractivity contribution in [1.29, 1.82) is 0 Å². The van der Waals surface area contributed by atoms with Crippen LogP contribution in [0, 0.1) is 6.92 Å². The number of carbonyl (C=O) groups excluding carboxylic acids is 1. The van der Waals surface area contributed by atoms with Crippen LogP contribution in [0.3, 0.4) is 0 Å². The molecule has 0 aliphatic carbocycles. The van der Waals surface area contributed by atoms with Crippen LogP contribution in [0.1, 0.15) is 21.5 Å². The van der Waals surface area contributed by atoms with E-state index in [2.05, 4.69) is 12.6 Å². The third kappa shape index (κ3) is 3.14. The molecule has 0 unspecified atom stereocenters. The molecule has 0 amide bonds. The highest BCUT2D eigenvalue weighted by Gasteiger charge is 2.10. The predicted octanol–water partition coefficient (Wildman–Crippen LogP) is 3.64. The first-order valence-electron chi connectivity index (χ1n) is 5.67. The maximum atomic E-state index is 11.9. The van der Waals surface area contributed by atoms with Gasteiger partial charge in [-0.05, 0) is 30.2 Å². The molecule has 0 aliphatic rings. The van der Waals surface area contributed by atoms with E-state index in [1.807, 2.05) is 49.4 Å². The molecule has 2 nitrogen and oxygen atoms in total. The van der Waals surface area contributed by atoms with Gasteiger partial charge in [-0.25, -0.2) is 4.79 Å². The zero-order valence-corrected chi connectivity index (χ0v) is 11.0. The summed E-state index contributed by atoms with van der Waals surface area (Å²) in [6.45, 7) is 2.17. The minimum Gasteiger partial charge on any atom is -0.457 e. The second-order valence-electron chi connectivity index (χ2n) is 4.06. The Kier molecular flexibility index (Phi) is 4.05. The number of thiol groups is 1. The Labute approximate surface area is 112 Å². The molecule has 0 radical (unpaired) electrons. The zero-order valence-electron chi connectivity index (χ0n) is 10.1. The molecule has 2 rings (SSSR count). The van der Waals surface area contributed by atoms with Crippen LogP contribution in [0.2, 0.25) is 0 Å². The van der Waals surface area contributed by atoms with Gasteiger partial charge in [0.15, 0.2) is 0 Å². The summed E-state index contributed by atoms with van der Waals surface area (Å²) in [5, 5.41) is 0. The van der Waals surface area contributed by atoms with E-state index in [0.717, 1.165) is 16.0 Å². The van der Waals surface area contributed by atoms with Crippen molar-refractivity contribution in [2.75, 3.05) is 0 Å². The largest absolute Gasteiger partial charge is 0.457 e. The van der Waals surface area contributed by atoms with E-state index < -0.39 is 0 Å². The van der Waals surface area contributed by atoms with Gasteiger partial charge in [0.05, 0.1) is 5.56 Å². The highest BCUT2D eigenvalue weighted by Crippen LogP contribution is 2.15. The molecule has 0 spiro atoms. The van der Waals surface area contributed by atoms with E-state index in [4.69, 9.17) is 4.74 Å². The second-order valence-corrected chi connectivity index (χ2v) is 4.58. The Morgan fingerprint density at radius 2 is 1.89 bits per heavy atom. The lowest BCUT2D eigenvalue weighted by atomic mass is 10.1. The molecule has 0 aliphatic heterocycles. The SMILES string of the molecule is Cc1ccc(S)cc1C(=O)OCc1ccccc1. The fourth-order valence-corrected chi connectivity index (χ4v) is 1.83. The van der Waals surface area contributed by atoms with Crippen molar-refractivity contribution in [3.63, 3.8) is 0 Å². The van der Waals surface area contributed by atoms with Gasteiger partial charge in [-0.3, -0.25) is 0 Å². The molecule has 2 aromatic carbocycles. The smallest absolute Gasteiger partial charge is 0.338 e. The third-order valence-corrected chi connectivity index (χ3v) is 2.93. The van der Waals surface area contributed by atoms with Gasteiger partial charge in [0.1, 0.15) is 6.61 Å². The molecule has 92 valence electrons. The summed E-state index contributed by atoms with van der Waals surface area (Å²) >= 11 is 4.23. The molecule has 0 atom stereocenters. The van der Waals surface area contributed by atoms with Crippen molar-refractivity contribution in [2.24, 2.45) is 0 Å². The van der Waals surface area contributed by atoms with Crippen LogP contribution < -0.4 is 0 Å². The lowest BCUT2D eigenvalue weighted by Crippen LogP contribution is -2.07. The zero-order chi connectivity index (χ0) is 13.0. The Morgan fingerprint density at radius 3 is 2.61 bits per heavy atom. The van der Waals surface area contributed by atoms with Gasteiger partial charge in [0.25, 0.3) is 0 Å². The van der Waals surface area contributed by atoms with Gasteiger partial charge in [0, 0.05) is 4.90 Å². The van der Waals surface area contributed by atoms with Gasteiger partial charge in [-0.2, -0.15) is 0 Å². The number of carbonyl (C=O) groups is 1. The number of aryl methyl sites for hydroxylation is 1. The van der Waals surface area contributed by atoms with Crippen LogP contribution in [-0.2, 0) is 11.3 Å². The van der Waals surface area contributed by atoms with Gasteiger partial charge in [-0.1, -0.05) is 36.4 Å². The van der Waals surface area contributed by atoms with E-state index in [1.165, 1.54) is 0 Å². The van der Waals surface area contributed by atoms with Crippen molar-refractivity contribution in [3.8, 4) is 0 Å². The number of hydrogen-bond acceptors (Lipinski definition) is 3. The van der Waals surface area contributed by atoms with E-state index in [9.17, 15) is 4.79 Å². The normalized spacial score (nSPS) is 10.1. The van der Waals surface area contributed by atoms with Crippen LogP contribution >= 0.6 is 12.6 Å². The maximum Gasteiger partial charge on any atom is 0.338 e. The standard InChI is InChI=1S/C15H14O2S/c1-11-7-8-13(18)9-14(11)15(16)17-10-12-5-3-2-4-6-12/h2-9,18H,10H2,1H3. The summed E-state index contributed by atoms with van der Waals surface area (Å²) in [6.07, 6.45) is 0. The molecule has 0 heterocycles. The molecule has 0 bridgehead atoms. The Balaban J connectivity index is 2.06. The van der Waals surface area contributed by atoms with Crippen molar-refractivity contribution in [2.45, 2.75) is 18.4 Å². The van der Waals surface area contributed by atoms with Crippen molar-refractivity contribution < 1.29 is 9.53 Å². The molecular formula is C15H14O2S. The Hall–Kier alpha value is -1.74. The summed E-state index contributed by atoms with van der Waals surface area (Å²) in [5.41, 5.74) is 2.44. The Morgan fingerprint density at radius 1 is 1.17 bits per heavy atom. The summed E-state index contributed by atoms with van der Waals surface area (Å²) in [4.78, 5) is 12.7. The highest BCUT2D eigenvalue weighted by molar-refractivity contribution is 7.80. The number of hydrogen-bond donors (Lipinski definition) is 1. The average molecular weight is 258 g/mol. The van der Waals surface area contributed by atoms with Gasteiger partial charge >= 0.3 is 5.97 Å². The van der Waals surface area contributed by atoms with Gasteiger partial charge in [0.2, 0.25) is 0 Å². The summed E-state index contributed by atoms with van der Waals surface area (Å²) in [5.74, 6) is -0.313. The molecule has 0 saturated carbocycles. The summed E-state index contributed by atoms with van der Waals surface area (Å²) < 4.78 is 5.28. The minimum absolute atomic E-state index is 0.288. The fraction of sp³-hybridized carbons (Fsp3) is 0.133. The van der Waals surface area contributed by atoms with E-state index in [-0.39, 0.29) is 12.6 Å². The molecular weight excluding hydrogens is 244 g/mol. The molecule has 2 aromatic rings. The van der Waals surface area contributed by atoms with Crippen molar-refractivity contribution in [1.82, 2.24) is 0 Å². The molecule has 18 heavy (non-hydrogen) atoms. The first kappa shape index (κ1) is 12.7. The number of rotatable bonds is 3. The van der Waals surface area contributed by atoms with Crippen molar-refractivity contribution >= 4 is 18.6 Å². The van der Waals surface area contributed by atoms with Crippen LogP contribution in [0.25, 0.3) is 0 Å². The number of ether oxygens (including phenoxy) is 1. The highest BCUT2D eigenvalue weighted by atomic mass is 32.1. The van der Waals surface area contributed by atoms with Crippen molar-refractivity contribution in [3.05, 3.63) is 65.2 Å². The summed E-state index contributed by atoms with van der Waals surface area (Å²) in [6, 6.07) is 15.1. The van der Waals surface area contributed by atoms with Crippen LogP contribution in [-0.4, -0.2) is 5.97 Å². The second kappa shape index (κ2) is 5.74.